The molecule has 1 heterocycles. The van der Waals surface area contributed by atoms with Gasteiger partial charge in [-0.3, -0.25) is 0 Å². The highest BCUT2D eigenvalue weighted by Crippen LogP contribution is 2.24. The van der Waals surface area contributed by atoms with Crippen molar-refractivity contribution >= 4 is 21.4 Å². The molecule has 0 fully saturated rings. The molecule has 0 aliphatic rings. The highest BCUT2D eigenvalue weighted by atomic mass is 35.5. The molecule has 0 saturated heterocycles. The minimum absolute atomic E-state index is 0.0342. The first-order chi connectivity index (χ1) is 8.03. The molecular formula is C11H10ClNO3S. The molecule has 0 radical (unpaired) electrons. The standard InChI is InChI=1S/C11H10ClNO3S/c1-2-17(14,15)11-13-7-10(16-11)8-3-5-9(12)6-4-8/h3-7H,2H2,1H3. The Morgan fingerprint density at radius 1 is 1.29 bits per heavy atom. The van der Waals surface area contributed by atoms with Crippen molar-refractivity contribution in [3.8, 4) is 11.3 Å². The van der Waals surface area contributed by atoms with Crippen LogP contribution in [0, 0.1) is 0 Å². The van der Waals surface area contributed by atoms with Gasteiger partial charge in [-0.1, -0.05) is 18.5 Å². The van der Waals surface area contributed by atoms with Crippen molar-refractivity contribution in [3.05, 3.63) is 35.5 Å². The zero-order chi connectivity index (χ0) is 12.5. The lowest BCUT2D eigenvalue weighted by Crippen LogP contribution is -2.03. The molecule has 0 saturated carbocycles. The highest BCUT2D eigenvalue weighted by Gasteiger charge is 2.19. The predicted octanol–water partition coefficient (Wildman–Crippen LogP) is 2.79. The van der Waals surface area contributed by atoms with Crippen LogP contribution < -0.4 is 0 Å². The first-order valence-corrected chi connectivity index (χ1v) is 7.00. The second kappa shape index (κ2) is 4.50. The fourth-order valence-electron chi connectivity index (χ4n) is 1.27. The number of hydrogen-bond donors (Lipinski definition) is 0. The number of nitrogens with zero attached hydrogens (tertiary/aromatic N) is 1. The van der Waals surface area contributed by atoms with Crippen LogP contribution in [0.5, 0.6) is 0 Å². The molecule has 0 spiro atoms. The van der Waals surface area contributed by atoms with Crippen LogP contribution in [0.3, 0.4) is 0 Å². The summed E-state index contributed by atoms with van der Waals surface area (Å²) in [5.74, 6) is 0.377. The fourth-order valence-corrected chi connectivity index (χ4v) is 2.08. The molecule has 0 aliphatic carbocycles. The Morgan fingerprint density at radius 3 is 2.53 bits per heavy atom. The van der Waals surface area contributed by atoms with Gasteiger partial charge in [-0.25, -0.2) is 13.4 Å². The number of aromatic nitrogens is 1. The molecule has 0 unspecified atom stereocenters. The van der Waals surface area contributed by atoms with Crippen molar-refractivity contribution in [1.82, 2.24) is 4.98 Å². The molecule has 0 N–H and O–H groups in total. The van der Waals surface area contributed by atoms with Crippen LogP contribution in [-0.4, -0.2) is 19.2 Å². The Balaban J connectivity index is 2.40. The van der Waals surface area contributed by atoms with Gasteiger partial charge >= 0.3 is 5.22 Å². The van der Waals surface area contributed by atoms with E-state index >= 15 is 0 Å². The second-order valence-electron chi connectivity index (χ2n) is 3.40. The van der Waals surface area contributed by atoms with Gasteiger partial charge in [0.15, 0.2) is 5.76 Å². The van der Waals surface area contributed by atoms with Crippen molar-refractivity contribution in [2.24, 2.45) is 0 Å². The largest absolute Gasteiger partial charge is 0.428 e. The summed E-state index contributed by atoms with van der Waals surface area (Å²) in [5.41, 5.74) is 0.736. The number of oxazole rings is 1. The Morgan fingerprint density at radius 2 is 1.94 bits per heavy atom. The smallest absolute Gasteiger partial charge is 0.315 e. The first kappa shape index (κ1) is 12.1. The van der Waals surface area contributed by atoms with Crippen molar-refractivity contribution in [3.63, 3.8) is 0 Å². The van der Waals surface area contributed by atoms with Gasteiger partial charge in [-0.2, -0.15) is 0 Å². The van der Waals surface area contributed by atoms with Crippen LogP contribution in [0.15, 0.2) is 40.1 Å². The summed E-state index contributed by atoms with van der Waals surface area (Å²) < 4.78 is 28.3. The molecule has 6 heteroatoms. The monoisotopic (exact) mass is 271 g/mol. The average Bonchev–Trinajstić information content (AvgIpc) is 2.80. The zero-order valence-electron chi connectivity index (χ0n) is 9.05. The van der Waals surface area contributed by atoms with Crippen molar-refractivity contribution in [2.75, 3.05) is 5.75 Å². The van der Waals surface area contributed by atoms with Crippen LogP contribution in [-0.2, 0) is 9.84 Å². The van der Waals surface area contributed by atoms with Crippen LogP contribution in [0.25, 0.3) is 11.3 Å². The van der Waals surface area contributed by atoms with Crippen molar-refractivity contribution < 1.29 is 12.8 Å². The Hall–Kier alpha value is -1.33. The summed E-state index contributed by atoms with van der Waals surface area (Å²) in [6.45, 7) is 1.54. The fraction of sp³-hybridized carbons (Fsp3) is 0.182. The SMILES string of the molecule is CCS(=O)(=O)c1ncc(-c2ccc(Cl)cc2)o1. The number of sulfone groups is 1. The van der Waals surface area contributed by atoms with Gasteiger partial charge in [-0.15, -0.1) is 0 Å². The summed E-state index contributed by atoms with van der Waals surface area (Å²) >= 11 is 5.76. The molecule has 90 valence electrons. The van der Waals surface area contributed by atoms with E-state index in [2.05, 4.69) is 4.98 Å². The zero-order valence-corrected chi connectivity index (χ0v) is 10.6. The van der Waals surface area contributed by atoms with Gasteiger partial charge in [0, 0.05) is 10.6 Å². The Labute approximate surface area is 104 Å². The summed E-state index contributed by atoms with van der Waals surface area (Å²) in [4.78, 5) is 3.77. The van der Waals surface area contributed by atoms with Crippen molar-refractivity contribution in [2.45, 2.75) is 12.1 Å². The van der Waals surface area contributed by atoms with E-state index in [0.29, 0.717) is 10.8 Å². The summed E-state index contributed by atoms with van der Waals surface area (Å²) in [7, 11) is -3.40. The van der Waals surface area contributed by atoms with E-state index in [1.54, 1.807) is 31.2 Å². The molecule has 0 amide bonds. The molecule has 1 aromatic heterocycles. The maximum atomic E-state index is 11.5. The van der Waals surface area contributed by atoms with Gasteiger partial charge < -0.3 is 4.42 Å². The molecular weight excluding hydrogens is 262 g/mol. The molecule has 1 aromatic carbocycles. The third kappa shape index (κ3) is 2.50. The predicted molar refractivity (Wildman–Crippen MR) is 64.7 cm³/mol. The van der Waals surface area contributed by atoms with Gasteiger partial charge in [0.25, 0.3) is 0 Å². The number of rotatable bonds is 3. The maximum absolute atomic E-state index is 11.5. The lowest BCUT2D eigenvalue weighted by Gasteiger charge is -1.96. The van der Waals surface area contributed by atoms with Gasteiger partial charge in [0.1, 0.15) is 0 Å². The quantitative estimate of drug-likeness (QED) is 0.861. The average molecular weight is 272 g/mol. The lowest BCUT2D eigenvalue weighted by atomic mass is 10.2. The summed E-state index contributed by atoms with van der Waals surface area (Å²) in [5, 5.41) is 0.361. The second-order valence-corrected chi connectivity index (χ2v) is 5.99. The van der Waals surface area contributed by atoms with Crippen LogP contribution in [0.1, 0.15) is 6.92 Å². The lowest BCUT2D eigenvalue weighted by molar-refractivity contribution is 0.440. The van der Waals surface area contributed by atoms with E-state index in [1.807, 2.05) is 0 Å². The topological polar surface area (TPSA) is 60.2 Å². The maximum Gasteiger partial charge on any atom is 0.315 e. The highest BCUT2D eigenvalue weighted by molar-refractivity contribution is 7.91. The van der Waals surface area contributed by atoms with Gasteiger partial charge in [-0.05, 0) is 24.3 Å². The van der Waals surface area contributed by atoms with E-state index in [1.165, 1.54) is 6.20 Å². The van der Waals surface area contributed by atoms with Crippen LogP contribution >= 0.6 is 11.6 Å². The third-order valence-electron chi connectivity index (χ3n) is 2.26. The summed E-state index contributed by atoms with van der Waals surface area (Å²) in [6, 6.07) is 6.89. The Kier molecular flexibility index (Phi) is 3.22. The number of hydrogen-bond acceptors (Lipinski definition) is 4. The Bertz CT molecular complexity index is 616. The van der Waals surface area contributed by atoms with Crippen LogP contribution in [0.4, 0.5) is 0 Å². The van der Waals surface area contributed by atoms with Gasteiger partial charge in [0.2, 0.25) is 9.84 Å². The number of halogens is 1. The molecule has 0 atom stereocenters. The molecule has 0 bridgehead atoms. The molecule has 2 aromatic rings. The van der Waals surface area contributed by atoms with E-state index in [0.717, 1.165) is 5.56 Å². The molecule has 17 heavy (non-hydrogen) atoms. The minimum atomic E-state index is -3.40. The van der Waals surface area contributed by atoms with E-state index in [9.17, 15) is 8.42 Å². The first-order valence-electron chi connectivity index (χ1n) is 4.97. The normalized spacial score (nSPS) is 11.6. The third-order valence-corrected chi connectivity index (χ3v) is 3.99. The van der Waals surface area contributed by atoms with E-state index in [4.69, 9.17) is 16.0 Å². The van der Waals surface area contributed by atoms with Gasteiger partial charge in [0.05, 0.1) is 11.9 Å². The van der Waals surface area contributed by atoms with E-state index in [-0.39, 0.29) is 11.0 Å². The van der Waals surface area contributed by atoms with Crippen molar-refractivity contribution in [1.29, 1.82) is 0 Å². The summed E-state index contributed by atoms with van der Waals surface area (Å²) in [6.07, 6.45) is 1.39. The minimum Gasteiger partial charge on any atom is -0.428 e. The molecule has 2 rings (SSSR count). The van der Waals surface area contributed by atoms with E-state index < -0.39 is 9.84 Å². The van der Waals surface area contributed by atoms with Crippen LogP contribution in [0.2, 0.25) is 5.02 Å². The molecule has 0 aliphatic heterocycles. The molecule has 4 nitrogen and oxygen atoms in total. The number of benzene rings is 1.